The zero-order valence-electron chi connectivity index (χ0n) is 14.1. The van der Waals surface area contributed by atoms with Gasteiger partial charge in [-0.25, -0.2) is 4.79 Å². The molecule has 0 spiro atoms. The van der Waals surface area contributed by atoms with Crippen molar-refractivity contribution in [1.29, 1.82) is 0 Å². The summed E-state index contributed by atoms with van der Waals surface area (Å²) in [6, 6.07) is 8.84. The molecule has 0 saturated heterocycles. The molecule has 5 nitrogen and oxygen atoms in total. The molecule has 0 radical (unpaired) electrons. The highest BCUT2D eigenvalue weighted by Gasteiger charge is 2.25. The van der Waals surface area contributed by atoms with Crippen LogP contribution in [-0.4, -0.2) is 35.0 Å². The second-order valence-corrected chi connectivity index (χ2v) is 7.10. The maximum absolute atomic E-state index is 12.4. The Labute approximate surface area is 146 Å². The number of carbonyl (C=O) groups excluding carboxylic acids is 2. The Bertz CT molecular complexity index is 514. The van der Waals surface area contributed by atoms with Crippen molar-refractivity contribution in [3.8, 4) is 0 Å². The van der Waals surface area contributed by atoms with E-state index in [1.54, 1.807) is 20.8 Å². The molecule has 1 rings (SSSR count). The fraction of sp³-hybridized carbons (Fsp3) is 0.529. The minimum absolute atomic E-state index is 0.0267. The maximum Gasteiger partial charge on any atom is 0.408 e. The van der Waals surface area contributed by atoms with Crippen LogP contribution in [0.4, 0.5) is 4.79 Å². The summed E-state index contributed by atoms with van der Waals surface area (Å²) in [5, 5.41) is 6.17. The van der Waals surface area contributed by atoms with Gasteiger partial charge < -0.3 is 15.4 Å². The summed E-state index contributed by atoms with van der Waals surface area (Å²) < 4.78 is 5.25. The van der Waals surface area contributed by atoms with Crippen molar-refractivity contribution in [2.45, 2.75) is 51.8 Å². The molecule has 0 saturated carbocycles. The van der Waals surface area contributed by atoms with Gasteiger partial charge in [0.25, 0.3) is 0 Å². The molecule has 0 heterocycles. The van der Waals surface area contributed by atoms with Gasteiger partial charge in [0.1, 0.15) is 11.6 Å². The number of carbonyl (C=O) groups is 2. The number of alkyl carbamates (subject to hydrolysis) is 1. The number of nitrogens with one attached hydrogen (secondary N) is 2. The first-order chi connectivity index (χ1) is 10.7. The highest BCUT2D eigenvalue weighted by atomic mass is 79.9. The van der Waals surface area contributed by atoms with Gasteiger partial charge in [0.05, 0.1) is 0 Å². The predicted octanol–water partition coefficient (Wildman–Crippen LogP) is 3.02. The molecular weight excluding hydrogens is 360 g/mol. The predicted molar refractivity (Wildman–Crippen MR) is 94.7 cm³/mol. The molecule has 0 aliphatic heterocycles. The van der Waals surface area contributed by atoms with Gasteiger partial charge in [-0.05, 0) is 33.3 Å². The molecule has 0 unspecified atom stereocenters. The third-order valence-corrected chi connectivity index (χ3v) is 3.88. The molecule has 6 heteroatoms. The number of amides is 2. The number of alkyl halides is 1. The monoisotopic (exact) mass is 384 g/mol. The molecular formula is C17H25BrN2O3. The minimum Gasteiger partial charge on any atom is -0.444 e. The van der Waals surface area contributed by atoms with Crippen molar-refractivity contribution >= 4 is 27.9 Å². The Morgan fingerprint density at radius 1 is 1.17 bits per heavy atom. The molecule has 0 aliphatic carbocycles. The van der Waals surface area contributed by atoms with Gasteiger partial charge in [-0.15, -0.1) is 0 Å². The van der Waals surface area contributed by atoms with Crippen LogP contribution in [0.15, 0.2) is 30.3 Å². The van der Waals surface area contributed by atoms with Crippen LogP contribution in [0.3, 0.4) is 0 Å². The van der Waals surface area contributed by atoms with Crippen molar-refractivity contribution in [3.63, 3.8) is 0 Å². The number of hydrogen-bond acceptors (Lipinski definition) is 3. The number of hydrogen-bond donors (Lipinski definition) is 2. The highest BCUT2D eigenvalue weighted by molar-refractivity contribution is 9.09. The second kappa shape index (κ2) is 8.91. The number of benzene rings is 1. The number of rotatable bonds is 6. The molecule has 1 aromatic carbocycles. The molecule has 2 N–H and O–H groups in total. The van der Waals surface area contributed by atoms with Gasteiger partial charge in [-0.2, -0.15) is 0 Å². The maximum atomic E-state index is 12.4. The van der Waals surface area contributed by atoms with Crippen LogP contribution in [0.25, 0.3) is 0 Å². The van der Waals surface area contributed by atoms with Crippen LogP contribution < -0.4 is 10.6 Å². The van der Waals surface area contributed by atoms with E-state index in [0.717, 1.165) is 5.56 Å². The van der Waals surface area contributed by atoms with E-state index in [2.05, 4.69) is 26.6 Å². The minimum atomic E-state index is -0.686. The fourth-order valence-corrected chi connectivity index (χ4v) is 2.05. The summed E-state index contributed by atoms with van der Waals surface area (Å²) in [6.45, 7) is 7.24. The third-order valence-electron chi connectivity index (χ3n) is 2.91. The van der Waals surface area contributed by atoms with Crippen molar-refractivity contribution in [2.24, 2.45) is 0 Å². The molecule has 0 bridgehead atoms. The average molecular weight is 385 g/mol. The van der Waals surface area contributed by atoms with Gasteiger partial charge in [0.15, 0.2) is 0 Å². The van der Waals surface area contributed by atoms with E-state index in [9.17, 15) is 9.59 Å². The average Bonchev–Trinajstić information content (AvgIpc) is 2.45. The lowest BCUT2D eigenvalue weighted by Crippen LogP contribution is -2.51. The van der Waals surface area contributed by atoms with Crippen molar-refractivity contribution in [3.05, 3.63) is 35.9 Å². The van der Waals surface area contributed by atoms with E-state index in [1.165, 1.54) is 0 Å². The lowest BCUT2D eigenvalue weighted by atomic mass is 10.1. The zero-order chi connectivity index (χ0) is 17.5. The van der Waals surface area contributed by atoms with Crippen LogP contribution in [-0.2, 0) is 16.0 Å². The van der Waals surface area contributed by atoms with Gasteiger partial charge in [0, 0.05) is 17.8 Å². The largest absolute Gasteiger partial charge is 0.444 e. The Balaban J connectivity index is 2.79. The smallest absolute Gasteiger partial charge is 0.408 e. The Morgan fingerprint density at radius 3 is 2.30 bits per heavy atom. The SMILES string of the molecule is C[C@H](CBr)NC(=O)[C@@H](Cc1ccccc1)NC(=O)OC(C)(C)C. The molecule has 0 aliphatic rings. The first-order valence-corrected chi connectivity index (χ1v) is 8.73. The summed E-state index contributed by atoms with van der Waals surface area (Å²) in [5.41, 5.74) is 0.358. The van der Waals surface area contributed by atoms with Crippen LogP contribution in [0.2, 0.25) is 0 Å². The molecule has 2 atom stereocenters. The lowest BCUT2D eigenvalue weighted by molar-refractivity contribution is -0.123. The first kappa shape index (κ1) is 19.5. The lowest BCUT2D eigenvalue weighted by Gasteiger charge is -2.24. The van der Waals surface area contributed by atoms with E-state index in [4.69, 9.17) is 4.74 Å². The van der Waals surface area contributed by atoms with Crippen LogP contribution in [0.1, 0.15) is 33.3 Å². The fourth-order valence-electron chi connectivity index (χ4n) is 1.89. The van der Waals surface area contributed by atoms with E-state index in [-0.39, 0.29) is 11.9 Å². The van der Waals surface area contributed by atoms with Crippen LogP contribution in [0, 0.1) is 0 Å². The van der Waals surface area contributed by atoms with Gasteiger partial charge in [0.2, 0.25) is 5.91 Å². The summed E-state index contributed by atoms with van der Waals surface area (Å²) >= 11 is 3.32. The van der Waals surface area contributed by atoms with E-state index < -0.39 is 17.7 Å². The first-order valence-electron chi connectivity index (χ1n) is 7.61. The Morgan fingerprint density at radius 2 is 1.78 bits per heavy atom. The topological polar surface area (TPSA) is 67.4 Å². The number of halogens is 1. The van der Waals surface area contributed by atoms with Crippen LogP contribution >= 0.6 is 15.9 Å². The van der Waals surface area contributed by atoms with Gasteiger partial charge >= 0.3 is 6.09 Å². The van der Waals surface area contributed by atoms with Gasteiger partial charge in [-0.1, -0.05) is 46.3 Å². The van der Waals surface area contributed by atoms with Crippen molar-refractivity contribution in [1.82, 2.24) is 10.6 Å². The zero-order valence-corrected chi connectivity index (χ0v) is 15.6. The number of ether oxygens (including phenoxy) is 1. The molecule has 0 aromatic heterocycles. The van der Waals surface area contributed by atoms with E-state index >= 15 is 0 Å². The molecule has 128 valence electrons. The highest BCUT2D eigenvalue weighted by Crippen LogP contribution is 2.09. The normalized spacial score (nSPS) is 13.8. The molecule has 2 amide bonds. The van der Waals surface area contributed by atoms with E-state index in [0.29, 0.717) is 11.8 Å². The standard InChI is InChI=1S/C17H25BrN2O3/c1-12(11-18)19-15(21)14(10-13-8-6-5-7-9-13)20-16(22)23-17(2,3)4/h5-9,12,14H,10-11H2,1-4H3,(H,19,21)(H,20,22)/t12-,14-/m1/s1. The Hall–Kier alpha value is -1.56. The van der Waals surface area contributed by atoms with Gasteiger partial charge in [-0.3, -0.25) is 4.79 Å². The Kier molecular flexibility index (Phi) is 7.55. The summed E-state index contributed by atoms with van der Waals surface area (Å²) in [7, 11) is 0. The third kappa shape index (κ3) is 8.02. The van der Waals surface area contributed by atoms with E-state index in [1.807, 2.05) is 37.3 Å². The summed E-state index contributed by atoms with van der Waals surface area (Å²) in [4.78, 5) is 24.4. The van der Waals surface area contributed by atoms with Crippen molar-refractivity contribution < 1.29 is 14.3 Å². The van der Waals surface area contributed by atoms with Crippen LogP contribution in [0.5, 0.6) is 0 Å². The quantitative estimate of drug-likeness (QED) is 0.740. The molecule has 1 aromatic rings. The molecule has 0 fully saturated rings. The summed E-state index contributed by atoms with van der Waals surface area (Å²) in [5.74, 6) is -0.230. The summed E-state index contributed by atoms with van der Waals surface area (Å²) in [6.07, 6.45) is -0.193. The molecule has 23 heavy (non-hydrogen) atoms. The second-order valence-electron chi connectivity index (χ2n) is 6.45. The van der Waals surface area contributed by atoms with Crippen molar-refractivity contribution in [2.75, 3.05) is 5.33 Å².